The number of alkyl halides is 1. The van der Waals surface area contributed by atoms with Crippen LogP contribution in [-0.4, -0.2) is 57.0 Å². The van der Waals surface area contributed by atoms with Crippen LogP contribution in [-0.2, 0) is 9.09 Å². The fourth-order valence-electron chi connectivity index (χ4n) is 2.68. The van der Waals surface area contributed by atoms with Crippen molar-refractivity contribution in [2.24, 2.45) is 5.92 Å². The number of hydrogen-bond donors (Lipinski definition) is 4. The first-order chi connectivity index (χ1) is 8.33. The quantitative estimate of drug-likeness (QED) is 0.523. The standard InChI is InChI=1S/C10H18FO6P/c11-7-4-8(12)10(14)9(13)6(7)3-5-1-2-17-18(5,15)16/h5-10,12-14H,1-4H2,(H,15,16)/t5?,6-,7?,8+,9+,10+/m0/s1. The van der Waals surface area contributed by atoms with Gasteiger partial charge in [0.05, 0.1) is 24.5 Å². The van der Waals surface area contributed by atoms with Gasteiger partial charge in [-0.25, -0.2) is 4.39 Å². The summed E-state index contributed by atoms with van der Waals surface area (Å²) in [6, 6.07) is 0. The molecule has 1 heterocycles. The third-order valence-electron chi connectivity index (χ3n) is 3.85. The highest BCUT2D eigenvalue weighted by Crippen LogP contribution is 2.56. The van der Waals surface area contributed by atoms with Gasteiger partial charge in [0.1, 0.15) is 12.3 Å². The smallest absolute Gasteiger partial charge is 0.331 e. The van der Waals surface area contributed by atoms with Gasteiger partial charge >= 0.3 is 7.60 Å². The first-order valence-corrected chi connectivity index (χ1v) is 7.63. The minimum atomic E-state index is -3.73. The number of halogens is 1. The van der Waals surface area contributed by atoms with Crippen molar-refractivity contribution >= 4 is 7.60 Å². The number of aliphatic hydroxyl groups is 3. The third-order valence-corrected chi connectivity index (χ3v) is 5.79. The van der Waals surface area contributed by atoms with Gasteiger partial charge in [-0.2, -0.15) is 0 Å². The third kappa shape index (κ3) is 2.61. The second-order valence-corrected chi connectivity index (χ2v) is 7.16. The molecule has 0 spiro atoms. The predicted octanol–water partition coefficient (Wildman–Crippen LogP) is -0.208. The Morgan fingerprint density at radius 2 is 1.94 bits per heavy atom. The Labute approximate surface area is 104 Å². The second kappa shape index (κ2) is 5.15. The number of rotatable bonds is 2. The van der Waals surface area contributed by atoms with E-state index >= 15 is 0 Å². The Kier molecular flexibility index (Phi) is 4.11. The largest absolute Gasteiger partial charge is 0.390 e. The van der Waals surface area contributed by atoms with Gasteiger partial charge in [-0.15, -0.1) is 0 Å². The molecule has 7 atom stereocenters. The summed E-state index contributed by atoms with van der Waals surface area (Å²) in [5.41, 5.74) is -0.710. The monoisotopic (exact) mass is 284 g/mol. The van der Waals surface area contributed by atoms with Gasteiger partial charge in [-0.05, 0) is 12.8 Å². The molecule has 1 saturated carbocycles. The van der Waals surface area contributed by atoms with Crippen LogP contribution in [0.15, 0.2) is 0 Å². The molecule has 4 N–H and O–H groups in total. The van der Waals surface area contributed by atoms with Crippen molar-refractivity contribution in [1.29, 1.82) is 0 Å². The lowest BCUT2D eigenvalue weighted by Gasteiger charge is -2.38. The summed E-state index contributed by atoms with van der Waals surface area (Å²) < 4.78 is 30.1. The van der Waals surface area contributed by atoms with E-state index in [4.69, 9.17) is 4.52 Å². The van der Waals surface area contributed by atoms with Crippen molar-refractivity contribution < 1.29 is 33.7 Å². The van der Waals surface area contributed by atoms with Crippen molar-refractivity contribution in [2.45, 2.75) is 49.4 Å². The zero-order valence-electron chi connectivity index (χ0n) is 9.72. The molecule has 0 radical (unpaired) electrons. The summed E-state index contributed by atoms with van der Waals surface area (Å²) in [5, 5.41) is 28.6. The molecule has 2 rings (SSSR count). The van der Waals surface area contributed by atoms with Crippen LogP contribution < -0.4 is 0 Å². The average Bonchev–Trinajstić information content (AvgIpc) is 2.61. The Morgan fingerprint density at radius 3 is 2.50 bits per heavy atom. The predicted molar refractivity (Wildman–Crippen MR) is 59.8 cm³/mol. The SMILES string of the molecule is O=P1(O)OCCC1C[C@H]1C(F)C[C@@H](O)[C@@H](O)[C@@H]1O. The summed E-state index contributed by atoms with van der Waals surface area (Å²) in [4.78, 5) is 9.49. The normalized spacial score (nSPS) is 53.6. The molecule has 0 amide bonds. The van der Waals surface area contributed by atoms with Gasteiger partial charge in [0.15, 0.2) is 0 Å². The van der Waals surface area contributed by atoms with E-state index in [2.05, 4.69) is 0 Å². The lowest BCUT2D eigenvalue weighted by atomic mass is 9.78. The molecule has 8 heteroatoms. The highest BCUT2D eigenvalue weighted by atomic mass is 31.2. The van der Waals surface area contributed by atoms with Gasteiger partial charge in [0, 0.05) is 12.3 Å². The summed E-state index contributed by atoms with van der Waals surface area (Å²) in [6.07, 6.45) is -5.60. The van der Waals surface area contributed by atoms with Crippen molar-refractivity contribution in [1.82, 2.24) is 0 Å². The molecule has 0 bridgehead atoms. The minimum absolute atomic E-state index is 0.0279. The molecule has 2 fully saturated rings. The summed E-state index contributed by atoms with van der Waals surface area (Å²) >= 11 is 0. The Bertz CT molecular complexity index is 353. The van der Waals surface area contributed by atoms with Crippen molar-refractivity contribution in [3.05, 3.63) is 0 Å². The van der Waals surface area contributed by atoms with Gasteiger partial charge in [-0.1, -0.05) is 0 Å². The zero-order chi connectivity index (χ0) is 13.5. The van der Waals surface area contributed by atoms with Crippen LogP contribution >= 0.6 is 7.60 Å². The summed E-state index contributed by atoms with van der Waals surface area (Å²) in [5.74, 6) is -0.949. The van der Waals surface area contributed by atoms with E-state index in [-0.39, 0.29) is 19.4 Å². The zero-order valence-corrected chi connectivity index (χ0v) is 10.6. The Balaban J connectivity index is 2.06. The number of hydrogen-bond acceptors (Lipinski definition) is 5. The van der Waals surface area contributed by atoms with Crippen LogP contribution in [0, 0.1) is 5.92 Å². The van der Waals surface area contributed by atoms with Crippen LogP contribution in [0.5, 0.6) is 0 Å². The van der Waals surface area contributed by atoms with Crippen molar-refractivity contribution in [3.8, 4) is 0 Å². The average molecular weight is 284 g/mol. The van der Waals surface area contributed by atoms with Crippen LogP contribution in [0.2, 0.25) is 0 Å². The van der Waals surface area contributed by atoms with Crippen LogP contribution in [0.3, 0.4) is 0 Å². The second-order valence-electron chi connectivity index (χ2n) is 5.04. The highest BCUT2D eigenvalue weighted by molar-refractivity contribution is 7.53. The van der Waals surface area contributed by atoms with Crippen LogP contribution in [0.1, 0.15) is 19.3 Å². The molecule has 2 aliphatic rings. The van der Waals surface area contributed by atoms with E-state index < -0.39 is 43.7 Å². The Morgan fingerprint density at radius 1 is 1.28 bits per heavy atom. The molecule has 18 heavy (non-hydrogen) atoms. The molecule has 106 valence electrons. The first kappa shape index (κ1) is 14.4. The van der Waals surface area contributed by atoms with E-state index in [0.717, 1.165) is 0 Å². The lowest BCUT2D eigenvalue weighted by molar-refractivity contribution is -0.135. The van der Waals surface area contributed by atoms with E-state index in [9.17, 15) is 29.2 Å². The van der Waals surface area contributed by atoms with Crippen LogP contribution in [0.4, 0.5) is 4.39 Å². The van der Waals surface area contributed by atoms with Crippen molar-refractivity contribution in [2.75, 3.05) is 6.61 Å². The molecule has 0 aromatic heterocycles. The molecular formula is C10H18FO6P. The molecule has 1 saturated heterocycles. The topological polar surface area (TPSA) is 107 Å². The van der Waals surface area contributed by atoms with Crippen LogP contribution in [0.25, 0.3) is 0 Å². The molecule has 0 aromatic carbocycles. The van der Waals surface area contributed by atoms with Gasteiger partial charge in [0.25, 0.3) is 0 Å². The van der Waals surface area contributed by atoms with Crippen molar-refractivity contribution in [3.63, 3.8) is 0 Å². The fourth-order valence-corrected chi connectivity index (χ4v) is 4.20. The van der Waals surface area contributed by atoms with E-state index in [1.165, 1.54) is 0 Å². The Hall–Kier alpha value is -0.0400. The number of aliphatic hydroxyl groups excluding tert-OH is 3. The molecule has 1 aliphatic carbocycles. The van der Waals surface area contributed by atoms with Gasteiger partial charge in [0.2, 0.25) is 0 Å². The maximum atomic E-state index is 13.8. The fraction of sp³-hybridized carbons (Fsp3) is 1.00. The summed E-state index contributed by atoms with van der Waals surface area (Å²) in [6.45, 7) is 0.142. The molecular weight excluding hydrogens is 266 g/mol. The molecule has 3 unspecified atom stereocenters. The van der Waals surface area contributed by atoms with E-state index in [0.29, 0.717) is 6.42 Å². The summed E-state index contributed by atoms with van der Waals surface area (Å²) in [7, 11) is -3.73. The lowest BCUT2D eigenvalue weighted by Crippen LogP contribution is -2.52. The highest BCUT2D eigenvalue weighted by Gasteiger charge is 2.47. The van der Waals surface area contributed by atoms with E-state index in [1.54, 1.807) is 0 Å². The first-order valence-electron chi connectivity index (χ1n) is 5.98. The van der Waals surface area contributed by atoms with Gasteiger partial charge < -0.3 is 24.7 Å². The maximum absolute atomic E-state index is 13.8. The van der Waals surface area contributed by atoms with Gasteiger partial charge in [-0.3, -0.25) is 4.57 Å². The minimum Gasteiger partial charge on any atom is -0.390 e. The van der Waals surface area contributed by atoms with E-state index in [1.807, 2.05) is 0 Å². The molecule has 6 nitrogen and oxygen atoms in total. The molecule has 0 aromatic rings. The molecule has 1 aliphatic heterocycles. The maximum Gasteiger partial charge on any atom is 0.331 e.